The first kappa shape index (κ1) is 19.3. The summed E-state index contributed by atoms with van der Waals surface area (Å²) >= 11 is 0. The number of ether oxygens (including phenoxy) is 2. The molecule has 0 radical (unpaired) electrons. The number of carbonyl (C=O) groups excluding carboxylic acids is 1. The number of fused-ring (bicyclic) bond motifs is 1. The predicted octanol–water partition coefficient (Wildman–Crippen LogP) is 6.15. The number of rotatable bonds is 3. The van der Waals surface area contributed by atoms with Gasteiger partial charge in [0.05, 0.1) is 5.56 Å². The van der Waals surface area contributed by atoms with Crippen LogP contribution in [0.15, 0.2) is 36.4 Å². The van der Waals surface area contributed by atoms with E-state index in [-0.39, 0.29) is 0 Å². The Morgan fingerprint density at radius 1 is 0.690 bits per heavy atom. The van der Waals surface area contributed by atoms with Gasteiger partial charge < -0.3 is 9.47 Å². The molecule has 0 fully saturated rings. The molecule has 3 nitrogen and oxygen atoms in total. The maximum absolute atomic E-state index is 12.2. The van der Waals surface area contributed by atoms with E-state index in [4.69, 9.17) is 9.47 Å². The zero-order valence-corrected chi connectivity index (χ0v) is 17.7. The van der Waals surface area contributed by atoms with Crippen molar-refractivity contribution >= 4 is 6.29 Å². The van der Waals surface area contributed by atoms with Gasteiger partial charge in [-0.3, -0.25) is 4.79 Å². The minimum atomic E-state index is 0.440. The van der Waals surface area contributed by atoms with Gasteiger partial charge in [-0.25, -0.2) is 0 Å². The summed E-state index contributed by atoms with van der Waals surface area (Å²) < 4.78 is 12.0. The first-order chi connectivity index (χ1) is 13.9. The lowest BCUT2D eigenvalue weighted by Gasteiger charge is -2.27. The number of aryl methyl sites for hydroxylation is 4. The minimum absolute atomic E-state index is 0.440. The number of hydrogen-bond acceptors (Lipinski definition) is 3. The van der Waals surface area contributed by atoms with Crippen molar-refractivity contribution in [3.63, 3.8) is 0 Å². The fourth-order valence-corrected chi connectivity index (χ4v) is 4.04. The fourth-order valence-electron chi connectivity index (χ4n) is 4.04. The van der Waals surface area contributed by atoms with Gasteiger partial charge >= 0.3 is 0 Å². The second-order valence-electron chi connectivity index (χ2n) is 7.86. The van der Waals surface area contributed by atoms with E-state index in [0.717, 1.165) is 34.1 Å². The molecule has 0 spiro atoms. The Morgan fingerprint density at radius 2 is 1.21 bits per heavy atom. The summed E-state index contributed by atoms with van der Waals surface area (Å²) in [6.45, 7) is 11.4. The monoisotopic (exact) mass is 386 g/mol. The van der Waals surface area contributed by atoms with Crippen molar-refractivity contribution in [1.82, 2.24) is 0 Å². The van der Waals surface area contributed by atoms with E-state index in [1.54, 1.807) is 0 Å². The van der Waals surface area contributed by atoms with Gasteiger partial charge in [-0.15, -0.1) is 0 Å². The Balaban J connectivity index is 2.09. The van der Waals surface area contributed by atoms with Crippen molar-refractivity contribution in [3.8, 4) is 33.8 Å². The van der Waals surface area contributed by atoms with Gasteiger partial charge in [0.2, 0.25) is 0 Å². The van der Waals surface area contributed by atoms with Crippen molar-refractivity contribution in [3.05, 3.63) is 69.8 Å². The van der Waals surface area contributed by atoms with Crippen LogP contribution in [-0.4, -0.2) is 19.5 Å². The average Bonchev–Trinajstić information content (AvgIpc) is 2.71. The molecule has 1 heterocycles. The van der Waals surface area contributed by atoms with Crippen LogP contribution in [-0.2, 0) is 0 Å². The molecule has 29 heavy (non-hydrogen) atoms. The molecule has 0 saturated heterocycles. The van der Waals surface area contributed by atoms with Gasteiger partial charge in [0.25, 0.3) is 0 Å². The Kier molecular flexibility index (Phi) is 4.91. The van der Waals surface area contributed by atoms with Crippen LogP contribution in [0.3, 0.4) is 0 Å². The molecule has 1 aliphatic rings. The van der Waals surface area contributed by atoms with Crippen molar-refractivity contribution < 1.29 is 14.3 Å². The van der Waals surface area contributed by atoms with E-state index in [1.165, 1.54) is 22.3 Å². The molecule has 0 unspecified atom stereocenters. The molecular formula is C26H26O3. The summed E-state index contributed by atoms with van der Waals surface area (Å²) in [5.41, 5.74) is 10.5. The Bertz CT molecular complexity index is 1130. The third kappa shape index (κ3) is 3.21. The van der Waals surface area contributed by atoms with E-state index in [2.05, 4.69) is 71.0 Å². The molecular weight excluding hydrogens is 360 g/mol. The highest BCUT2D eigenvalue weighted by atomic mass is 16.6. The second kappa shape index (κ2) is 7.40. The molecule has 1 aliphatic heterocycles. The van der Waals surface area contributed by atoms with Crippen LogP contribution in [0, 0.1) is 34.6 Å². The lowest BCUT2D eigenvalue weighted by Crippen LogP contribution is -2.18. The molecule has 3 heteroatoms. The molecule has 3 aromatic carbocycles. The highest BCUT2D eigenvalue weighted by molar-refractivity contribution is 5.99. The first-order valence-electron chi connectivity index (χ1n) is 9.99. The molecule has 0 saturated carbocycles. The molecule has 0 atom stereocenters. The van der Waals surface area contributed by atoms with Crippen LogP contribution in [0.25, 0.3) is 22.3 Å². The summed E-state index contributed by atoms with van der Waals surface area (Å²) in [6.07, 6.45) is 0.898. The number of carbonyl (C=O) groups is 1. The van der Waals surface area contributed by atoms with Crippen LogP contribution in [0.1, 0.15) is 38.2 Å². The number of aldehydes is 1. The zero-order chi connectivity index (χ0) is 20.7. The summed E-state index contributed by atoms with van der Waals surface area (Å²) in [5, 5.41) is 0. The molecule has 0 aliphatic carbocycles. The van der Waals surface area contributed by atoms with Gasteiger partial charge in [-0.2, -0.15) is 0 Å². The minimum Gasteiger partial charge on any atom is -0.485 e. The summed E-state index contributed by atoms with van der Waals surface area (Å²) in [4.78, 5) is 12.2. The highest BCUT2D eigenvalue weighted by Crippen LogP contribution is 2.49. The van der Waals surface area contributed by atoms with Crippen molar-refractivity contribution in [2.24, 2.45) is 0 Å². The quantitative estimate of drug-likeness (QED) is 0.507. The largest absolute Gasteiger partial charge is 0.485 e. The van der Waals surface area contributed by atoms with Gasteiger partial charge in [0, 0.05) is 5.56 Å². The van der Waals surface area contributed by atoms with Crippen LogP contribution in [0.5, 0.6) is 11.5 Å². The van der Waals surface area contributed by atoms with Crippen LogP contribution in [0.2, 0.25) is 0 Å². The second-order valence-corrected chi connectivity index (χ2v) is 7.86. The molecule has 0 N–H and O–H groups in total. The Morgan fingerprint density at radius 3 is 1.72 bits per heavy atom. The van der Waals surface area contributed by atoms with Crippen LogP contribution >= 0.6 is 0 Å². The smallest absolute Gasteiger partial charge is 0.173 e. The van der Waals surface area contributed by atoms with Crippen molar-refractivity contribution in [1.29, 1.82) is 0 Å². The van der Waals surface area contributed by atoms with Crippen molar-refractivity contribution in [2.45, 2.75) is 34.6 Å². The van der Waals surface area contributed by atoms with E-state index in [9.17, 15) is 4.79 Å². The molecule has 0 amide bonds. The van der Waals surface area contributed by atoms with Crippen LogP contribution < -0.4 is 9.47 Å². The summed E-state index contributed by atoms with van der Waals surface area (Å²) in [5.74, 6) is 1.23. The molecule has 0 aromatic heterocycles. The molecule has 0 bridgehead atoms. The standard InChI is InChI=1S/C26H26O3/c1-15-6-8-20(12-17(15)3)23-19(5)24(21-9-7-16(2)18(4)13-21)26-25(22(23)14-27)28-10-11-29-26/h6-9,12-14H,10-11H2,1-5H3. The predicted molar refractivity (Wildman–Crippen MR) is 117 cm³/mol. The Hall–Kier alpha value is -3.07. The van der Waals surface area contributed by atoms with Gasteiger partial charge in [-0.05, 0) is 79.1 Å². The van der Waals surface area contributed by atoms with Gasteiger partial charge in [0.15, 0.2) is 17.8 Å². The lowest BCUT2D eigenvalue weighted by molar-refractivity contribution is 0.111. The average molecular weight is 386 g/mol. The van der Waals surface area contributed by atoms with E-state index in [1.807, 2.05) is 0 Å². The topological polar surface area (TPSA) is 35.5 Å². The number of benzene rings is 3. The fraction of sp³-hybridized carbons (Fsp3) is 0.269. The zero-order valence-electron chi connectivity index (χ0n) is 17.7. The third-order valence-corrected chi connectivity index (χ3v) is 5.98. The number of hydrogen-bond donors (Lipinski definition) is 0. The normalized spacial score (nSPS) is 12.7. The highest BCUT2D eigenvalue weighted by Gasteiger charge is 2.28. The Labute approximate surface area is 172 Å². The summed E-state index contributed by atoms with van der Waals surface area (Å²) in [7, 11) is 0. The maximum atomic E-state index is 12.2. The summed E-state index contributed by atoms with van der Waals surface area (Å²) in [6, 6.07) is 12.8. The molecule has 3 aromatic rings. The lowest BCUT2D eigenvalue weighted by atomic mass is 9.86. The maximum Gasteiger partial charge on any atom is 0.173 e. The van der Waals surface area contributed by atoms with E-state index < -0.39 is 0 Å². The van der Waals surface area contributed by atoms with E-state index in [0.29, 0.717) is 30.3 Å². The SMILES string of the molecule is Cc1ccc(-c2c(C)c(-c3ccc(C)c(C)c3)c3c(c2C=O)OCCO3)cc1C. The molecule has 148 valence electrons. The van der Waals surface area contributed by atoms with E-state index >= 15 is 0 Å². The van der Waals surface area contributed by atoms with Crippen LogP contribution in [0.4, 0.5) is 0 Å². The van der Waals surface area contributed by atoms with Crippen molar-refractivity contribution in [2.75, 3.05) is 13.2 Å². The first-order valence-corrected chi connectivity index (χ1v) is 9.99. The van der Waals surface area contributed by atoms with Gasteiger partial charge in [-0.1, -0.05) is 36.4 Å². The third-order valence-electron chi connectivity index (χ3n) is 5.98. The van der Waals surface area contributed by atoms with Gasteiger partial charge in [0.1, 0.15) is 13.2 Å². The molecule has 4 rings (SSSR count).